The minimum absolute atomic E-state index is 0.182. The van der Waals surface area contributed by atoms with Gasteiger partial charge in [-0.1, -0.05) is 24.3 Å². The summed E-state index contributed by atoms with van der Waals surface area (Å²) in [6.07, 6.45) is 6.82. The van der Waals surface area contributed by atoms with Crippen molar-refractivity contribution in [3.8, 4) is 0 Å². The minimum Gasteiger partial charge on any atom is -0.302 e. The van der Waals surface area contributed by atoms with Gasteiger partial charge in [-0.15, -0.1) is 0 Å². The van der Waals surface area contributed by atoms with Gasteiger partial charge in [-0.3, -0.25) is 0 Å². The van der Waals surface area contributed by atoms with E-state index in [9.17, 15) is 4.39 Å². The fraction of sp³-hybridized carbons (Fsp3) is 0.500. The topological polar surface area (TPSA) is 6.48 Å². The Morgan fingerprint density at radius 3 is 2.74 bits per heavy atom. The Morgan fingerprint density at radius 1 is 1.37 bits per heavy atom. The van der Waals surface area contributed by atoms with Gasteiger partial charge in [0.25, 0.3) is 0 Å². The van der Waals surface area contributed by atoms with Crippen molar-refractivity contribution in [1.82, 2.24) is 9.80 Å². The number of likely N-dealkylation sites (tertiary alicyclic amines) is 1. The molecule has 1 saturated heterocycles. The van der Waals surface area contributed by atoms with E-state index >= 15 is 0 Å². The van der Waals surface area contributed by atoms with Crippen LogP contribution in [0.1, 0.15) is 18.4 Å². The van der Waals surface area contributed by atoms with Crippen LogP contribution in [-0.2, 0) is 0 Å². The summed E-state index contributed by atoms with van der Waals surface area (Å²) < 4.78 is 12.8. The van der Waals surface area contributed by atoms with Crippen molar-refractivity contribution in [3.05, 3.63) is 41.7 Å². The molecule has 2 nitrogen and oxygen atoms in total. The quantitative estimate of drug-likeness (QED) is 0.805. The second-order valence-corrected chi connectivity index (χ2v) is 5.45. The molecule has 0 unspecified atom stereocenters. The van der Waals surface area contributed by atoms with Crippen molar-refractivity contribution in [3.63, 3.8) is 0 Å². The van der Waals surface area contributed by atoms with Gasteiger partial charge >= 0.3 is 0 Å². The number of likely N-dealkylation sites (N-methyl/N-ethyl adjacent to an activating group) is 2. The Balaban J connectivity index is 1.76. The predicted octanol–water partition coefficient (Wildman–Crippen LogP) is 2.86. The molecule has 1 atom stereocenters. The zero-order chi connectivity index (χ0) is 13.7. The monoisotopic (exact) mass is 262 g/mol. The Labute approximate surface area is 115 Å². The lowest BCUT2D eigenvalue weighted by Crippen LogP contribution is -2.36. The van der Waals surface area contributed by atoms with Gasteiger partial charge in [0.1, 0.15) is 5.82 Å². The first kappa shape index (κ1) is 14.2. The highest BCUT2D eigenvalue weighted by atomic mass is 19.1. The highest BCUT2D eigenvalue weighted by Crippen LogP contribution is 2.15. The van der Waals surface area contributed by atoms with Crippen molar-refractivity contribution in [1.29, 1.82) is 0 Å². The average molecular weight is 262 g/mol. The maximum Gasteiger partial charge on any atom is 0.123 e. The van der Waals surface area contributed by atoms with E-state index in [1.54, 1.807) is 12.1 Å². The Hall–Kier alpha value is -1.19. The van der Waals surface area contributed by atoms with Crippen molar-refractivity contribution in [2.24, 2.45) is 0 Å². The molecule has 19 heavy (non-hydrogen) atoms. The number of halogens is 1. The molecule has 0 saturated carbocycles. The second-order valence-electron chi connectivity index (χ2n) is 5.45. The SMILES string of the molecule is CN(C/C=C/c1ccc(F)cc1)C[C@@H]1CCCN1C. The standard InChI is InChI=1S/C16H23FN2/c1-18(13-16-6-4-12-19(16)2)11-3-5-14-7-9-15(17)10-8-14/h3,5,7-10,16H,4,6,11-13H2,1-2H3/b5-3+/t16-/m0/s1. The van der Waals surface area contributed by atoms with E-state index < -0.39 is 0 Å². The summed E-state index contributed by atoms with van der Waals surface area (Å²) in [6, 6.07) is 7.30. The number of nitrogens with zero attached hydrogens (tertiary/aromatic N) is 2. The van der Waals surface area contributed by atoms with Crippen molar-refractivity contribution < 1.29 is 4.39 Å². The zero-order valence-electron chi connectivity index (χ0n) is 11.8. The lowest BCUT2D eigenvalue weighted by molar-refractivity contribution is 0.232. The van der Waals surface area contributed by atoms with Crippen LogP contribution >= 0.6 is 0 Å². The van der Waals surface area contributed by atoms with Crippen LogP contribution in [0.2, 0.25) is 0 Å². The van der Waals surface area contributed by atoms with E-state index in [4.69, 9.17) is 0 Å². The van der Waals surface area contributed by atoms with E-state index in [1.165, 1.54) is 31.5 Å². The molecule has 1 aliphatic heterocycles. The number of benzene rings is 1. The first-order chi connectivity index (χ1) is 9.15. The van der Waals surface area contributed by atoms with Gasteiger partial charge < -0.3 is 9.80 Å². The summed E-state index contributed by atoms with van der Waals surface area (Å²) in [5, 5.41) is 0. The van der Waals surface area contributed by atoms with E-state index in [0.29, 0.717) is 6.04 Å². The molecule has 1 heterocycles. The van der Waals surface area contributed by atoms with E-state index in [1.807, 2.05) is 6.08 Å². The summed E-state index contributed by atoms with van der Waals surface area (Å²) in [7, 11) is 4.36. The molecule has 1 fully saturated rings. The fourth-order valence-electron chi connectivity index (χ4n) is 2.59. The van der Waals surface area contributed by atoms with Gasteiger partial charge in [0.2, 0.25) is 0 Å². The summed E-state index contributed by atoms with van der Waals surface area (Å²) >= 11 is 0. The predicted molar refractivity (Wildman–Crippen MR) is 78.6 cm³/mol. The molecule has 1 aliphatic rings. The molecule has 1 aromatic rings. The molecule has 0 N–H and O–H groups in total. The van der Waals surface area contributed by atoms with Gasteiger partial charge in [0.05, 0.1) is 0 Å². The molecular formula is C16H23FN2. The lowest BCUT2D eigenvalue weighted by atomic mass is 10.2. The van der Waals surface area contributed by atoms with E-state index in [-0.39, 0.29) is 5.82 Å². The number of hydrogen-bond acceptors (Lipinski definition) is 2. The van der Waals surface area contributed by atoms with Crippen LogP contribution in [0.25, 0.3) is 6.08 Å². The third kappa shape index (κ3) is 4.44. The van der Waals surface area contributed by atoms with Crippen molar-refractivity contribution >= 4 is 6.08 Å². The molecule has 0 bridgehead atoms. The maximum absolute atomic E-state index is 12.8. The van der Waals surface area contributed by atoms with Crippen LogP contribution in [0, 0.1) is 5.82 Å². The molecule has 104 valence electrons. The zero-order valence-corrected chi connectivity index (χ0v) is 11.8. The smallest absolute Gasteiger partial charge is 0.123 e. The second kappa shape index (κ2) is 6.83. The average Bonchev–Trinajstić information content (AvgIpc) is 2.78. The Kier molecular flexibility index (Phi) is 5.11. The van der Waals surface area contributed by atoms with Crippen LogP contribution in [0.4, 0.5) is 4.39 Å². The minimum atomic E-state index is -0.182. The molecule has 1 aromatic carbocycles. The summed E-state index contributed by atoms with van der Waals surface area (Å²) in [4.78, 5) is 4.78. The van der Waals surface area contributed by atoms with E-state index in [0.717, 1.165) is 18.7 Å². The van der Waals surface area contributed by atoms with Crippen LogP contribution in [0.3, 0.4) is 0 Å². The van der Waals surface area contributed by atoms with Gasteiger partial charge in [-0.2, -0.15) is 0 Å². The maximum atomic E-state index is 12.8. The molecular weight excluding hydrogens is 239 g/mol. The highest BCUT2D eigenvalue weighted by molar-refractivity contribution is 5.48. The first-order valence-electron chi connectivity index (χ1n) is 6.96. The molecule has 3 heteroatoms. The molecule has 0 spiro atoms. The number of hydrogen-bond donors (Lipinski definition) is 0. The van der Waals surface area contributed by atoms with Gasteiger partial charge in [0, 0.05) is 19.1 Å². The van der Waals surface area contributed by atoms with Crippen molar-refractivity contribution in [2.45, 2.75) is 18.9 Å². The Bertz CT molecular complexity index is 413. The van der Waals surface area contributed by atoms with Gasteiger partial charge in [-0.05, 0) is 51.2 Å². The molecule has 0 aromatic heterocycles. The Morgan fingerprint density at radius 2 is 2.11 bits per heavy atom. The van der Waals surface area contributed by atoms with Crippen LogP contribution < -0.4 is 0 Å². The highest BCUT2D eigenvalue weighted by Gasteiger charge is 2.21. The molecule has 0 amide bonds. The summed E-state index contributed by atoms with van der Waals surface area (Å²) in [6.45, 7) is 3.27. The lowest BCUT2D eigenvalue weighted by Gasteiger charge is -2.24. The molecule has 0 radical (unpaired) electrons. The third-order valence-electron chi connectivity index (χ3n) is 3.79. The summed E-state index contributed by atoms with van der Waals surface area (Å²) in [5.41, 5.74) is 1.05. The molecule has 2 rings (SSSR count). The number of rotatable bonds is 5. The fourth-order valence-corrected chi connectivity index (χ4v) is 2.59. The summed E-state index contributed by atoms with van der Waals surface area (Å²) in [5.74, 6) is -0.182. The van der Waals surface area contributed by atoms with Crippen LogP contribution in [0.15, 0.2) is 30.3 Å². The molecule has 0 aliphatic carbocycles. The normalized spacial score (nSPS) is 20.7. The van der Waals surface area contributed by atoms with Crippen LogP contribution in [-0.4, -0.2) is 49.6 Å². The van der Waals surface area contributed by atoms with Crippen LogP contribution in [0.5, 0.6) is 0 Å². The van der Waals surface area contributed by atoms with Gasteiger partial charge in [-0.25, -0.2) is 4.39 Å². The first-order valence-corrected chi connectivity index (χ1v) is 6.96. The largest absolute Gasteiger partial charge is 0.302 e. The van der Waals surface area contributed by atoms with E-state index in [2.05, 4.69) is 30.0 Å². The van der Waals surface area contributed by atoms with Crippen molar-refractivity contribution in [2.75, 3.05) is 33.7 Å². The van der Waals surface area contributed by atoms with Gasteiger partial charge in [0.15, 0.2) is 0 Å². The third-order valence-corrected chi connectivity index (χ3v) is 3.79.